The van der Waals surface area contributed by atoms with Crippen LogP contribution < -0.4 is 20.1 Å². The second-order valence-electron chi connectivity index (χ2n) is 14.0. The Hall–Kier alpha value is -4.63. The molecule has 0 spiro atoms. The number of carbonyl (C=O) groups is 2. The van der Waals surface area contributed by atoms with Crippen LogP contribution in [0.15, 0.2) is 60.7 Å². The number of benzene rings is 2. The Kier molecular flexibility index (Phi) is 12.5. The van der Waals surface area contributed by atoms with E-state index in [2.05, 4.69) is 82.2 Å². The first-order chi connectivity index (χ1) is 25.7. The summed E-state index contributed by atoms with van der Waals surface area (Å²) in [5, 5.41) is 5.76. The molecule has 2 aliphatic rings. The Morgan fingerprint density at radius 1 is 0.764 bits per heavy atom. The number of carbonyl (C=O) groups excluding carboxylic acids is 2. The van der Waals surface area contributed by atoms with Crippen LogP contribution in [0.4, 0.5) is 26.3 Å². The quantitative estimate of drug-likeness (QED) is 0.111. The maximum Gasteiger partial charge on any atom is 0.573 e. The van der Waals surface area contributed by atoms with Crippen LogP contribution in [0.25, 0.3) is 22.3 Å². The van der Waals surface area contributed by atoms with Crippen molar-refractivity contribution in [1.29, 1.82) is 0 Å². The fourth-order valence-electron chi connectivity index (χ4n) is 6.42. The van der Waals surface area contributed by atoms with E-state index in [9.17, 15) is 35.9 Å². The van der Waals surface area contributed by atoms with Crippen molar-refractivity contribution in [3.8, 4) is 45.6 Å². The third-order valence-corrected chi connectivity index (χ3v) is 10.1. The van der Waals surface area contributed by atoms with Crippen molar-refractivity contribution in [1.82, 2.24) is 24.7 Å². The number of amides is 2. The molecule has 2 aromatic carbocycles. The second kappa shape index (κ2) is 16.6. The van der Waals surface area contributed by atoms with E-state index in [1.54, 1.807) is 24.3 Å². The van der Waals surface area contributed by atoms with Crippen LogP contribution in [-0.4, -0.2) is 72.3 Å². The van der Waals surface area contributed by atoms with Crippen LogP contribution in [0.5, 0.6) is 11.5 Å². The number of hydrogen-bond acceptors (Lipinski definition) is 5. The van der Waals surface area contributed by atoms with Gasteiger partial charge in [0.15, 0.2) is 0 Å². The van der Waals surface area contributed by atoms with Crippen LogP contribution in [0.1, 0.15) is 66.4 Å². The summed E-state index contributed by atoms with van der Waals surface area (Å²) in [6.07, 6.45) is -9.52. The first-order valence-corrected chi connectivity index (χ1v) is 18.4. The van der Waals surface area contributed by atoms with E-state index in [1.807, 2.05) is 28.1 Å². The third-order valence-electron chi connectivity index (χ3n) is 8.98. The summed E-state index contributed by atoms with van der Waals surface area (Å²) in [5.74, 6) is 5.76. The minimum Gasteiger partial charge on any atom is -0.406 e. The maximum absolute atomic E-state index is 12.7. The first-order valence-electron chi connectivity index (χ1n) is 17.3. The molecule has 9 nitrogen and oxygen atoms in total. The molecule has 2 aliphatic heterocycles. The van der Waals surface area contributed by atoms with Gasteiger partial charge in [-0.3, -0.25) is 14.5 Å². The Labute approximate surface area is 328 Å². The Morgan fingerprint density at radius 2 is 1.22 bits per heavy atom. The molecular weight excluding hydrogens is 843 g/mol. The molecule has 2 N–H and O–H groups in total. The van der Waals surface area contributed by atoms with Gasteiger partial charge in [0, 0.05) is 24.2 Å². The van der Waals surface area contributed by atoms with E-state index in [1.165, 1.54) is 36.4 Å². The molecule has 0 unspecified atom stereocenters. The molecule has 294 valence electrons. The summed E-state index contributed by atoms with van der Waals surface area (Å²) < 4.78 is 88.1. The molecule has 2 aromatic heterocycles. The van der Waals surface area contributed by atoms with Gasteiger partial charge >= 0.3 is 12.7 Å². The fourth-order valence-corrected chi connectivity index (χ4v) is 7.51. The number of halogens is 7. The van der Waals surface area contributed by atoms with Crippen LogP contribution >= 0.6 is 22.6 Å². The standard InChI is InChI=1S/C22H24F3N3O2.C17H16F3IN2O2/c1-14(2)20-13-26-21(29)19-12-17(18(28(19)20)9-6-10-27(3)4)15-7-5-8-16(11-15)30-22(23,24)25;1-9(2)14-8-22-16(24)13-7-12(15(21)23(13)14)10-4-3-5-11(6-10)25-17(18,19)20/h5,7-8,11-12,14,20H,10,13H2,1-4H3,(H,26,29);3-7,9,14H,8H2,1-2H3,(H,22,24)/t20-;14-/m11/s1. The molecule has 2 amide bonds. The molecule has 4 heterocycles. The Bertz CT molecular complexity index is 2110. The topological polar surface area (TPSA) is 89.8 Å². The lowest BCUT2D eigenvalue weighted by Crippen LogP contribution is -2.41. The van der Waals surface area contributed by atoms with Gasteiger partial charge in [0.25, 0.3) is 11.8 Å². The molecule has 55 heavy (non-hydrogen) atoms. The highest BCUT2D eigenvalue weighted by Gasteiger charge is 2.35. The third kappa shape index (κ3) is 9.98. The van der Waals surface area contributed by atoms with Gasteiger partial charge in [-0.05, 0) is 102 Å². The van der Waals surface area contributed by atoms with Crippen LogP contribution in [0, 0.1) is 27.4 Å². The summed E-state index contributed by atoms with van der Waals surface area (Å²) in [6, 6.07) is 15.0. The van der Waals surface area contributed by atoms with E-state index in [-0.39, 0.29) is 41.3 Å². The van der Waals surface area contributed by atoms with Gasteiger partial charge in [0.05, 0.1) is 22.3 Å². The van der Waals surface area contributed by atoms with Crippen molar-refractivity contribution in [3.05, 3.63) is 81.4 Å². The molecule has 4 aromatic rings. The van der Waals surface area contributed by atoms with Gasteiger partial charge in [-0.1, -0.05) is 57.9 Å². The predicted molar refractivity (Wildman–Crippen MR) is 204 cm³/mol. The highest BCUT2D eigenvalue weighted by molar-refractivity contribution is 14.1. The van der Waals surface area contributed by atoms with E-state index < -0.39 is 12.7 Å². The lowest BCUT2D eigenvalue weighted by atomic mass is 10.0. The average Bonchev–Trinajstić information content (AvgIpc) is 3.63. The highest BCUT2D eigenvalue weighted by Crippen LogP contribution is 2.38. The number of nitrogens with zero attached hydrogens (tertiary/aromatic N) is 3. The summed E-state index contributed by atoms with van der Waals surface area (Å²) in [5.41, 5.74) is 3.98. The number of hydrogen-bond donors (Lipinski definition) is 2. The normalized spacial score (nSPS) is 16.7. The number of alkyl halides is 6. The van der Waals surface area contributed by atoms with Crippen LogP contribution in [0.3, 0.4) is 0 Å². The molecule has 16 heteroatoms. The summed E-state index contributed by atoms with van der Waals surface area (Å²) in [6.45, 7) is 9.76. The number of fused-ring (bicyclic) bond motifs is 2. The van der Waals surface area contributed by atoms with E-state index in [0.717, 1.165) is 3.70 Å². The maximum atomic E-state index is 12.7. The summed E-state index contributed by atoms with van der Waals surface area (Å²) in [7, 11) is 3.79. The van der Waals surface area contributed by atoms with Gasteiger partial charge in [-0.2, -0.15) is 0 Å². The van der Waals surface area contributed by atoms with Crippen molar-refractivity contribution >= 4 is 34.4 Å². The second-order valence-corrected chi connectivity index (χ2v) is 15.0. The summed E-state index contributed by atoms with van der Waals surface area (Å²) in [4.78, 5) is 26.6. The van der Waals surface area contributed by atoms with Gasteiger partial charge in [-0.15, -0.1) is 26.3 Å². The van der Waals surface area contributed by atoms with Crippen molar-refractivity contribution in [2.24, 2.45) is 11.8 Å². The van der Waals surface area contributed by atoms with Gasteiger partial charge < -0.3 is 29.2 Å². The van der Waals surface area contributed by atoms with Crippen LogP contribution in [-0.2, 0) is 0 Å². The molecular formula is C39H40F6IN5O4. The molecule has 0 saturated carbocycles. The van der Waals surface area contributed by atoms with E-state index in [0.29, 0.717) is 64.9 Å². The Morgan fingerprint density at radius 3 is 1.69 bits per heavy atom. The van der Waals surface area contributed by atoms with Crippen molar-refractivity contribution in [2.45, 2.75) is 52.5 Å². The SMILES string of the molecule is CC(C)[C@H]1CNC(=O)c2cc(-c3cccc(OC(F)(F)F)c3)c(C#CCN(C)C)n21.CC(C)[C@H]1CNC(=O)c2cc(-c3cccc(OC(F)(F)F)c3)c(I)n21. The molecule has 0 fully saturated rings. The molecule has 0 saturated heterocycles. The molecule has 0 aliphatic carbocycles. The monoisotopic (exact) mass is 883 g/mol. The summed E-state index contributed by atoms with van der Waals surface area (Å²) >= 11 is 2.14. The minimum absolute atomic E-state index is 0.00952. The lowest BCUT2D eigenvalue weighted by Gasteiger charge is -2.30. The van der Waals surface area contributed by atoms with Crippen molar-refractivity contribution in [2.75, 3.05) is 33.7 Å². The van der Waals surface area contributed by atoms with E-state index >= 15 is 0 Å². The number of nitrogens with one attached hydrogen (secondary N) is 2. The molecule has 0 radical (unpaired) electrons. The largest absolute Gasteiger partial charge is 0.573 e. The zero-order valence-corrected chi connectivity index (χ0v) is 33.0. The van der Waals surface area contributed by atoms with Crippen molar-refractivity contribution < 1.29 is 45.4 Å². The van der Waals surface area contributed by atoms with Gasteiger partial charge in [0.2, 0.25) is 0 Å². The predicted octanol–water partition coefficient (Wildman–Crippen LogP) is 8.51. The van der Waals surface area contributed by atoms with Crippen molar-refractivity contribution in [3.63, 3.8) is 0 Å². The molecule has 6 rings (SSSR count). The fraction of sp³-hybridized carbons (Fsp3) is 0.385. The average molecular weight is 884 g/mol. The smallest absolute Gasteiger partial charge is 0.406 e. The van der Waals surface area contributed by atoms with Gasteiger partial charge in [-0.25, -0.2) is 0 Å². The zero-order valence-electron chi connectivity index (χ0n) is 30.8. The number of ether oxygens (including phenoxy) is 2. The number of aromatic nitrogens is 2. The number of rotatable bonds is 7. The highest BCUT2D eigenvalue weighted by atomic mass is 127. The molecule has 2 atom stereocenters. The Balaban J connectivity index is 0.000000214. The zero-order chi connectivity index (χ0) is 40.4. The minimum atomic E-state index is -4.78. The van der Waals surface area contributed by atoms with Gasteiger partial charge in [0.1, 0.15) is 28.6 Å². The van der Waals surface area contributed by atoms with E-state index in [4.69, 9.17) is 0 Å². The van der Waals surface area contributed by atoms with Crippen LogP contribution in [0.2, 0.25) is 0 Å². The first kappa shape index (κ1) is 41.5. The molecule has 0 bridgehead atoms. The lowest BCUT2D eigenvalue weighted by molar-refractivity contribution is -0.275.